The van der Waals surface area contributed by atoms with Crippen molar-refractivity contribution in [2.45, 2.75) is 46.0 Å². The monoisotopic (exact) mass is 402 g/mol. The molecule has 0 aromatic heterocycles. The lowest BCUT2D eigenvalue weighted by Gasteiger charge is -2.11. The van der Waals surface area contributed by atoms with E-state index in [0.29, 0.717) is 18.6 Å². The van der Waals surface area contributed by atoms with Crippen LogP contribution < -0.4 is 10.6 Å². The first-order valence-electron chi connectivity index (χ1n) is 10.6. The zero-order chi connectivity index (χ0) is 21.3. The van der Waals surface area contributed by atoms with Gasteiger partial charge in [-0.3, -0.25) is 4.79 Å². The van der Waals surface area contributed by atoms with E-state index in [2.05, 4.69) is 17.6 Å². The van der Waals surface area contributed by atoms with Gasteiger partial charge in [0.2, 0.25) is 5.91 Å². The smallest absolute Gasteiger partial charge is 0.224 e. The molecule has 4 heteroatoms. The Morgan fingerprint density at radius 3 is 2.27 bits per heavy atom. The molecule has 0 saturated heterocycles. The van der Waals surface area contributed by atoms with Crippen molar-refractivity contribution in [2.75, 3.05) is 10.6 Å². The minimum Gasteiger partial charge on any atom is -0.507 e. The number of nitrogens with one attached hydrogen (secondary N) is 2. The molecule has 4 nitrogen and oxygen atoms in total. The molecule has 0 bridgehead atoms. The Kier molecular flexibility index (Phi) is 7.50. The van der Waals surface area contributed by atoms with Crippen molar-refractivity contribution in [3.8, 4) is 5.75 Å². The van der Waals surface area contributed by atoms with Crippen molar-refractivity contribution in [1.29, 1.82) is 0 Å². The summed E-state index contributed by atoms with van der Waals surface area (Å²) < 4.78 is 0. The fourth-order valence-electron chi connectivity index (χ4n) is 3.44. The Labute approximate surface area is 179 Å². The van der Waals surface area contributed by atoms with Gasteiger partial charge in [-0.25, -0.2) is 0 Å². The molecule has 0 fully saturated rings. The molecule has 3 rings (SSSR count). The van der Waals surface area contributed by atoms with Crippen molar-refractivity contribution >= 4 is 23.0 Å². The number of amides is 1. The molecular weight excluding hydrogens is 372 g/mol. The lowest BCUT2D eigenvalue weighted by Crippen LogP contribution is -2.12. The summed E-state index contributed by atoms with van der Waals surface area (Å²) in [4.78, 5) is 12.4. The third-order valence-corrected chi connectivity index (χ3v) is 5.11. The average molecular weight is 403 g/mol. The molecule has 30 heavy (non-hydrogen) atoms. The first-order chi connectivity index (χ1) is 14.5. The number of aromatic hydroxyl groups is 1. The van der Waals surface area contributed by atoms with Gasteiger partial charge < -0.3 is 15.7 Å². The van der Waals surface area contributed by atoms with Crippen LogP contribution in [0.3, 0.4) is 0 Å². The largest absolute Gasteiger partial charge is 0.507 e. The Morgan fingerprint density at radius 1 is 0.900 bits per heavy atom. The van der Waals surface area contributed by atoms with Crippen LogP contribution in [-0.2, 0) is 17.6 Å². The van der Waals surface area contributed by atoms with Crippen molar-refractivity contribution in [3.63, 3.8) is 0 Å². The number of anilines is 3. The summed E-state index contributed by atoms with van der Waals surface area (Å²) in [5.74, 6) is 0.375. The highest BCUT2D eigenvalue weighted by Gasteiger charge is 2.09. The Hall–Kier alpha value is -3.27. The van der Waals surface area contributed by atoms with E-state index in [4.69, 9.17) is 0 Å². The molecule has 0 atom stereocenters. The van der Waals surface area contributed by atoms with E-state index in [1.54, 1.807) is 0 Å². The molecule has 3 aromatic rings. The van der Waals surface area contributed by atoms with Crippen LogP contribution in [-0.4, -0.2) is 11.0 Å². The normalized spacial score (nSPS) is 10.6. The van der Waals surface area contributed by atoms with E-state index >= 15 is 0 Å². The predicted octanol–water partition coefficient (Wildman–Crippen LogP) is 6.36. The third kappa shape index (κ3) is 6.11. The number of benzene rings is 3. The average Bonchev–Trinajstić information content (AvgIpc) is 2.75. The molecule has 0 aliphatic heterocycles. The van der Waals surface area contributed by atoms with Gasteiger partial charge in [0.25, 0.3) is 0 Å². The quantitative estimate of drug-likeness (QED) is 0.390. The SMILES string of the molecule is CCCCc1cc(CCC(=O)Nc2ccc(Nc3ccccc3)cc2)cc(C)c1O. The maximum Gasteiger partial charge on any atom is 0.224 e. The number of para-hydroxylation sites is 1. The first-order valence-corrected chi connectivity index (χ1v) is 10.6. The van der Waals surface area contributed by atoms with Crippen molar-refractivity contribution in [3.05, 3.63) is 83.4 Å². The van der Waals surface area contributed by atoms with Crippen LogP contribution in [0.15, 0.2) is 66.7 Å². The first kappa shape index (κ1) is 21.4. The van der Waals surface area contributed by atoms with Gasteiger partial charge >= 0.3 is 0 Å². The maximum atomic E-state index is 12.4. The van der Waals surface area contributed by atoms with Crippen molar-refractivity contribution in [2.24, 2.45) is 0 Å². The molecule has 1 amide bonds. The molecular formula is C26H30N2O2. The summed E-state index contributed by atoms with van der Waals surface area (Å²) in [6.07, 6.45) is 4.06. The van der Waals surface area contributed by atoms with Crippen LogP contribution in [0, 0.1) is 6.92 Å². The number of rotatable bonds is 9. The second-order valence-corrected chi connectivity index (χ2v) is 7.64. The number of carbonyl (C=O) groups excluding carboxylic acids is 1. The summed E-state index contributed by atoms with van der Waals surface area (Å²) in [6.45, 7) is 4.06. The third-order valence-electron chi connectivity index (χ3n) is 5.11. The number of phenolic OH excluding ortho intramolecular Hbond substituents is 1. The lowest BCUT2D eigenvalue weighted by atomic mass is 9.98. The van der Waals surface area contributed by atoms with E-state index in [1.807, 2.05) is 73.7 Å². The Balaban J connectivity index is 1.54. The van der Waals surface area contributed by atoms with Crippen LogP contribution in [0.1, 0.15) is 42.9 Å². The predicted molar refractivity (Wildman–Crippen MR) is 125 cm³/mol. The fourth-order valence-corrected chi connectivity index (χ4v) is 3.44. The summed E-state index contributed by atoms with van der Waals surface area (Å²) in [5, 5.41) is 16.5. The van der Waals surface area contributed by atoms with E-state index in [-0.39, 0.29) is 5.91 Å². The van der Waals surface area contributed by atoms with Gasteiger partial charge in [-0.2, -0.15) is 0 Å². The van der Waals surface area contributed by atoms with Crippen molar-refractivity contribution < 1.29 is 9.90 Å². The van der Waals surface area contributed by atoms with Gasteiger partial charge in [-0.15, -0.1) is 0 Å². The molecule has 156 valence electrons. The van der Waals surface area contributed by atoms with Gasteiger partial charge in [0.15, 0.2) is 0 Å². The van der Waals surface area contributed by atoms with Gasteiger partial charge in [0.05, 0.1) is 0 Å². The summed E-state index contributed by atoms with van der Waals surface area (Å²) in [6, 6.07) is 21.7. The number of unbranched alkanes of at least 4 members (excludes halogenated alkanes) is 1. The highest BCUT2D eigenvalue weighted by molar-refractivity contribution is 5.91. The van der Waals surface area contributed by atoms with Crippen molar-refractivity contribution in [1.82, 2.24) is 0 Å². The minimum atomic E-state index is -0.0143. The molecule has 0 spiro atoms. The number of phenols is 1. The number of hydrogen-bond donors (Lipinski definition) is 3. The molecule has 0 heterocycles. The molecule has 0 aliphatic rings. The van der Waals surface area contributed by atoms with E-state index in [1.165, 1.54) is 0 Å². The Bertz CT molecular complexity index is 966. The highest BCUT2D eigenvalue weighted by atomic mass is 16.3. The standard InChI is InChI=1S/C26H30N2O2/c1-3-4-8-21-18-20(17-19(2)26(21)30)11-16-25(29)28-24-14-12-23(13-15-24)27-22-9-6-5-7-10-22/h5-7,9-10,12-15,17-18,27,30H,3-4,8,11,16H2,1-2H3,(H,28,29). The van der Waals surface area contributed by atoms with Crippen LogP contribution >= 0.6 is 0 Å². The van der Waals surface area contributed by atoms with Crippen LogP contribution in [0.4, 0.5) is 17.1 Å². The second-order valence-electron chi connectivity index (χ2n) is 7.64. The zero-order valence-electron chi connectivity index (χ0n) is 17.7. The van der Waals surface area contributed by atoms with Gasteiger partial charge in [-0.1, -0.05) is 43.7 Å². The molecule has 0 unspecified atom stereocenters. The second kappa shape index (κ2) is 10.5. The molecule has 0 radical (unpaired) electrons. The fraction of sp³-hybridized carbons (Fsp3) is 0.269. The minimum absolute atomic E-state index is 0.0143. The van der Waals surface area contributed by atoms with E-state index < -0.39 is 0 Å². The maximum absolute atomic E-state index is 12.4. The van der Waals surface area contributed by atoms with E-state index in [0.717, 1.165) is 53.0 Å². The van der Waals surface area contributed by atoms with E-state index in [9.17, 15) is 9.90 Å². The summed E-state index contributed by atoms with van der Waals surface area (Å²) >= 11 is 0. The number of carbonyl (C=O) groups is 1. The zero-order valence-corrected chi connectivity index (χ0v) is 17.7. The van der Waals surface area contributed by atoms with Gasteiger partial charge in [0.1, 0.15) is 5.75 Å². The number of hydrogen-bond acceptors (Lipinski definition) is 3. The molecule has 3 aromatic carbocycles. The van der Waals surface area contributed by atoms with Gasteiger partial charge in [0, 0.05) is 23.5 Å². The van der Waals surface area contributed by atoms with Crippen LogP contribution in [0.25, 0.3) is 0 Å². The van der Waals surface area contributed by atoms with Gasteiger partial charge in [-0.05, 0) is 79.3 Å². The molecule has 0 saturated carbocycles. The number of aryl methyl sites for hydroxylation is 3. The molecule has 3 N–H and O–H groups in total. The summed E-state index contributed by atoms with van der Waals surface area (Å²) in [7, 11) is 0. The molecule has 0 aliphatic carbocycles. The highest BCUT2D eigenvalue weighted by Crippen LogP contribution is 2.26. The van der Waals surface area contributed by atoms with Crippen LogP contribution in [0.2, 0.25) is 0 Å². The van der Waals surface area contributed by atoms with Crippen LogP contribution in [0.5, 0.6) is 5.75 Å². The lowest BCUT2D eigenvalue weighted by molar-refractivity contribution is -0.116. The Morgan fingerprint density at radius 2 is 1.57 bits per heavy atom. The summed E-state index contributed by atoms with van der Waals surface area (Å²) in [5.41, 5.74) is 5.72. The topological polar surface area (TPSA) is 61.4 Å².